The minimum Gasteiger partial charge on any atom is -0.382 e. The monoisotopic (exact) mass is 353 g/mol. The van der Waals surface area contributed by atoms with E-state index in [4.69, 9.17) is 21.2 Å². The lowest BCUT2D eigenvalue weighted by Gasteiger charge is -2.34. The molecule has 4 N–H and O–H groups in total. The van der Waals surface area contributed by atoms with Crippen LogP contribution in [0.15, 0.2) is 24.3 Å². The number of ether oxygens (including phenoxy) is 1. The van der Waals surface area contributed by atoms with Gasteiger partial charge in [-0.2, -0.15) is 0 Å². The van der Waals surface area contributed by atoms with E-state index < -0.39 is 0 Å². The zero-order valence-electron chi connectivity index (χ0n) is 15.4. The molecule has 1 saturated carbocycles. The van der Waals surface area contributed by atoms with Gasteiger partial charge < -0.3 is 20.8 Å². The van der Waals surface area contributed by atoms with Crippen LogP contribution in [0.5, 0.6) is 0 Å². The summed E-state index contributed by atoms with van der Waals surface area (Å²) in [5.41, 5.74) is 15.5. The lowest BCUT2D eigenvalue weighted by atomic mass is 9.82. The van der Waals surface area contributed by atoms with E-state index in [2.05, 4.69) is 15.6 Å². The standard InChI is InChI=1S/C20H27N5O/c1-2-26-12-16-24-17-18(14-8-4-5-9-15(14)23-19(17)21)25(16)13-20(22)10-6-3-7-11-20/h4-5,8-9H,2-3,6-7,10-13,22H2,1H3,(H2,21,23). The largest absolute Gasteiger partial charge is 0.382 e. The summed E-state index contributed by atoms with van der Waals surface area (Å²) in [6, 6.07) is 8.08. The molecule has 0 atom stereocenters. The Morgan fingerprint density at radius 3 is 2.69 bits per heavy atom. The van der Waals surface area contributed by atoms with Crippen LogP contribution in [0, 0.1) is 0 Å². The molecule has 2 heterocycles. The highest BCUT2D eigenvalue weighted by Crippen LogP contribution is 2.33. The number of imidazole rings is 1. The third kappa shape index (κ3) is 3.04. The van der Waals surface area contributed by atoms with Crippen LogP contribution >= 0.6 is 0 Å². The van der Waals surface area contributed by atoms with Gasteiger partial charge in [0.15, 0.2) is 5.82 Å². The van der Waals surface area contributed by atoms with Crippen molar-refractivity contribution in [3.8, 4) is 0 Å². The number of benzene rings is 1. The van der Waals surface area contributed by atoms with Gasteiger partial charge in [-0.25, -0.2) is 9.97 Å². The maximum atomic E-state index is 6.78. The van der Waals surface area contributed by atoms with Crippen LogP contribution in [0.25, 0.3) is 21.9 Å². The molecule has 4 rings (SSSR count). The van der Waals surface area contributed by atoms with Gasteiger partial charge in [-0.15, -0.1) is 0 Å². The topological polar surface area (TPSA) is 92.0 Å². The number of aromatic nitrogens is 3. The van der Waals surface area contributed by atoms with E-state index in [1.807, 2.05) is 25.1 Å². The lowest BCUT2D eigenvalue weighted by molar-refractivity contribution is 0.124. The summed E-state index contributed by atoms with van der Waals surface area (Å²) in [5.74, 6) is 1.34. The quantitative estimate of drug-likeness (QED) is 0.734. The molecule has 1 fully saturated rings. The van der Waals surface area contributed by atoms with Crippen LogP contribution in [-0.4, -0.2) is 26.7 Å². The van der Waals surface area contributed by atoms with Crippen molar-refractivity contribution < 1.29 is 4.74 Å². The van der Waals surface area contributed by atoms with Crippen molar-refractivity contribution in [2.24, 2.45) is 5.73 Å². The van der Waals surface area contributed by atoms with Gasteiger partial charge in [-0.3, -0.25) is 0 Å². The molecule has 2 aromatic heterocycles. The SMILES string of the molecule is CCOCc1nc2c(N)nc3ccccc3c2n1CC1(N)CCCCC1. The van der Waals surface area contributed by atoms with Crippen molar-refractivity contribution in [3.05, 3.63) is 30.1 Å². The van der Waals surface area contributed by atoms with Crippen molar-refractivity contribution in [1.29, 1.82) is 0 Å². The summed E-state index contributed by atoms with van der Waals surface area (Å²) in [5, 5.41) is 1.06. The van der Waals surface area contributed by atoms with E-state index in [1.54, 1.807) is 0 Å². The molecule has 0 radical (unpaired) electrons. The van der Waals surface area contributed by atoms with Crippen LogP contribution < -0.4 is 11.5 Å². The second-order valence-corrected chi connectivity index (χ2v) is 7.39. The van der Waals surface area contributed by atoms with E-state index in [0.29, 0.717) is 19.0 Å². The maximum Gasteiger partial charge on any atom is 0.152 e. The zero-order chi connectivity index (χ0) is 18.1. The summed E-state index contributed by atoms with van der Waals surface area (Å²) in [6.07, 6.45) is 5.73. The molecule has 0 bridgehead atoms. The lowest BCUT2D eigenvalue weighted by Crippen LogP contribution is -2.45. The predicted octanol–water partition coefficient (Wildman–Crippen LogP) is 3.36. The molecule has 6 nitrogen and oxygen atoms in total. The molecular weight excluding hydrogens is 326 g/mol. The molecule has 0 saturated heterocycles. The van der Waals surface area contributed by atoms with Gasteiger partial charge >= 0.3 is 0 Å². The Kier molecular flexibility index (Phi) is 4.54. The Balaban J connectivity index is 1.91. The van der Waals surface area contributed by atoms with Gasteiger partial charge in [-0.05, 0) is 25.8 Å². The van der Waals surface area contributed by atoms with Crippen LogP contribution in [0.1, 0.15) is 44.9 Å². The highest BCUT2D eigenvalue weighted by Gasteiger charge is 2.30. The third-order valence-corrected chi connectivity index (χ3v) is 5.45. The number of anilines is 1. The number of nitrogens with two attached hydrogens (primary N) is 2. The van der Waals surface area contributed by atoms with Gasteiger partial charge in [0.1, 0.15) is 17.9 Å². The summed E-state index contributed by atoms with van der Waals surface area (Å²) < 4.78 is 7.91. The average molecular weight is 353 g/mol. The van der Waals surface area contributed by atoms with E-state index >= 15 is 0 Å². The Labute approximate surface area is 153 Å². The van der Waals surface area contributed by atoms with Gasteiger partial charge in [0.2, 0.25) is 0 Å². The number of nitrogens with zero attached hydrogens (tertiary/aromatic N) is 3. The summed E-state index contributed by atoms with van der Waals surface area (Å²) >= 11 is 0. The summed E-state index contributed by atoms with van der Waals surface area (Å²) in [6.45, 7) is 3.82. The van der Waals surface area contributed by atoms with E-state index in [0.717, 1.165) is 47.1 Å². The molecule has 1 aliphatic rings. The number of fused-ring (bicyclic) bond motifs is 3. The molecule has 1 aromatic carbocycles. The minimum atomic E-state index is -0.202. The molecule has 0 amide bonds. The summed E-state index contributed by atoms with van der Waals surface area (Å²) in [7, 11) is 0. The number of rotatable bonds is 5. The van der Waals surface area contributed by atoms with E-state index in [9.17, 15) is 0 Å². The fourth-order valence-electron chi connectivity index (χ4n) is 4.11. The van der Waals surface area contributed by atoms with E-state index in [1.165, 1.54) is 19.3 Å². The maximum absolute atomic E-state index is 6.78. The normalized spacial score (nSPS) is 17.2. The van der Waals surface area contributed by atoms with Crippen molar-refractivity contribution >= 4 is 27.8 Å². The minimum absolute atomic E-state index is 0.202. The van der Waals surface area contributed by atoms with Crippen LogP contribution in [0.4, 0.5) is 5.82 Å². The Hall–Kier alpha value is -2.18. The van der Waals surface area contributed by atoms with Crippen LogP contribution in [0.3, 0.4) is 0 Å². The first-order chi connectivity index (χ1) is 12.6. The number of hydrogen-bond donors (Lipinski definition) is 2. The molecular formula is C20H27N5O. The first-order valence-electron chi connectivity index (χ1n) is 9.51. The first-order valence-corrected chi connectivity index (χ1v) is 9.51. The van der Waals surface area contributed by atoms with E-state index in [-0.39, 0.29) is 5.54 Å². The Bertz CT molecular complexity index is 927. The van der Waals surface area contributed by atoms with Crippen molar-refractivity contribution in [3.63, 3.8) is 0 Å². The Morgan fingerprint density at radius 1 is 1.15 bits per heavy atom. The predicted molar refractivity (Wildman–Crippen MR) is 105 cm³/mol. The first kappa shape index (κ1) is 17.2. The molecule has 0 spiro atoms. The van der Waals surface area contributed by atoms with Gasteiger partial charge in [0, 0.05) is 24.1 Å². The fraction of sp³-hybridized carbons (Fsp3) is 0.500. The smallest absolute Gasteiger partial charge is 0.152 e. The molecule has 26 heavy (non-hydrogen) atoms. The molecule has 0 unspecified atom stereocenters. The van der Waals surface area contributed by atoms with Crippen LogP contribution in [0.2, 0.25) is 0 Å². The second kappa shape index (κ2) is 6.85. The van der Waals surface area contributed by atoms with Gasteiger partial charge in [0.05, 0.1) is 11.0 Å². The summed E-state index contributed by atoms with van der Waals surface area (Å²) in [4.78, 5) is 9.32. The van der Waals surface area contributed by atoms with Gasteiger partial charge in [0.25, 0.3) is 0 Å². The molecule has 1 aliphatic carbocycles. The van der Waals surface area contributed by atoms with Crippen LogP contribution in [-0.2, 0) is 17.9 Å². The van der Waals surface area contributed by atoms with Crippen molar-refractivity contribution in [2.45, 2.75) is 57.7 Å². The van der Waals surface area contributed by atoms with Gasteiger partial charge in [-0.1, -0.05) is 37.5 Å². The highest BCUT2D eigenvalue weighted by atomic mass is 16.5. The molecule has 0 aliphatic heterocycles. The zero-order valence-corrected chi connectivity index (χ0v) is 15.4. The van der Waals surface area contributed by atoms with Crippen molar-refractivity contribution in [2.75, 3.05) is 12.3 Å². The number of nitrogen functional groups attached to an aromatic ring is 1. The van der Waals surface area contributed by atoms with Crippen molar-refractivity contribution in [1.82, 2.24) is 14.5 Å². The average Bonchev–Trinajstić information content (AvgIpc) is 2.99. The number of para-hydroxylation sites is 1. The fourth-order valence-corrected chi connectivity index (χ4v) is 4.11. The molecule has 138 valence electrons. The number of hydrogen-bond acceptors (Lipinski definition) is 5. The number of pyridine rings is 1. The third-order valence-electron chi connectivity index (χ3n) is 5.45. The molecule has 3 aromatic rings. The highest BCUT2D eigenvalue weighted by molar-refractivity contribution is 6.06. The molecule has 6 heteroatoms. The second-order valence-electron chi connectivity index (χ2n) is 7.39. The Morgan fingerprint density at radius 2 is 1.92 bits per heavy atom.